The number of pyridine rings is 1. The molecule has 1 aromatic carbocycles. The summed E-state index contributed by atoms with van der Waals surface area (Å²) in [6, 6.07) is 1.58. The molecule has 0 spiro atoms. The lowest BCUT2D eigenvalue weighted by atomic mass is 10.1. The van der Waals surface area contributed by atoms with Crippen LogP contribution in [-0.4, -0.2) is 18.1 Å². The predicted octanol–water partition coefficient (Wildman–Crippen LogP) is 3.97. The predicted molar refractivity (Wildman–Crippen MR) is 65.9 cm³/mol. The van der Waals surface area contributed by atoms with Crippen LogP contribution in [-0.2, 0) is 10.9 Å². The number of hydrogen-bond acceptors (Lipinski definition) is 3. The van der Waals surface area contributed by atoms with E-state index in [0.29, 0.717) is 12.1 Å². The zero-order valence-electron chi connectivity index (χ0n) is 11.3. The Morgan fingerprint density at radius 2 is 1.70 bits per heavy atom. The number of halogens is 6. The topological polar surface area (TPSA) is 39.2 Å². The minimum Gasteiger partial charge on any atom is -0.464 e. The van der Waals surface area contributed by atoms with Gasteiger partial charge in [0.25, 0.3) is 0 Å². The molecule has 2 aromatic rings. The molecule has 0 N–H and O–H groups in total. The summed E-state index contributed by atoms with van der Waals surface area (Å²) < 4.78 is 82.7. The van der Waals surface area contributed by atoms with Crippen LogP contribution >= 0.6 is 0 Å². The molecule has 0 saturated carbocycles. The number of hydrogen-bond donors (Lipinski definition) is 0. The zero-order valence-corrected chi connectivity index (χ0v) is 11.3. The number of aromatic nitrogens is 1. The molecule has 0 radical (unpaired) electrons. The van der Waals surface area contributed by atoms with Gasteiger partial charge in [-0.1, -0.05) is 0 Å². The molecule has 9 heteroatoms. The second kappa shape index (κ2) is 5.90. The first-order valence-corrected chi connectivity index (χ1v) is 5.96. The molecule has 23 heavy (non-hydrogen) atoms. The molecule has 0 aliphatic rings. The summed E-state index contributed by atoms with van der Waals surface area (Å²) in [5.41, 5.74) is -3.66. The van der Waals surface area contributed by atoms with Gasteiger partial charge in [-0.3, -0.25) is 0 Å². The van der Waals surface area contributed by atoms with E-state index in [0.717, 1.165) is 7.11 Å². The monoisotopic (exact) mass is 335 g/mol. The number of methoxy groups -OCH3 is 1. The van der Waals surface area contributed by atoms with Crippen LogP contribution in [0.4, 0.5) is 26.3 Å². The third-order valence-electron chi connectivity index (χ3n) is 2.86. The first-order chi connectivity index (χ1) is 10.6. The van der Waals surface area contributed by atoms with Crippen LogP contribution in [0.3, 0.4) is 0 Å². The van der Waals surface area contributed by atoms with E-state index < -0.39 is 52.1 Å². The van der Waals surface area contributed by atoms with Crippen LogP contribution in [0.25, 0.3) is 11.3 Å². The molecule has 0 aliphatic carbocycles. The Kier molecular flexibility index (Phi) is 4.31. The normalized spacial score (nSPS) is 11.4. The highest BCUT2D eigenvalue weighted by Gasteiger charge is 2.31. The van der Waals surface area contributed by atoms with Crippen LogP contribution in [0.5, 0.6) is 0 Å². The van der Waals surface area contributed by atoms with Gasteiger partial charge in [-0.2, -0.15) is 13.2 Å². The molecular formula is C14H7F6NO2. The molecular weight excluding hydrogens is 328 g/mol. The number of rotatable bonds is 2. The Hall–Kier alpha value is -2.58. The van der Waals surface area contributed by atoms with Crippen molar-refractivity contribution in [3.05, 3.63) is 53.0 Å². The summed E-state index contributed by atoms with van der Waals surface area (Å²) in [7, 11) is 0.922. The Bertz CT molecular complexity index is 773. The lowest BCUT2D eigenvalue weighted by molar-refractivity contribution is -0.137. The van der Waals surface area contributed by atoms with Gasteiger partial charge in [0.05, 0.1) is 12.7 Å². The van der Waals surface area contributed by atoms with Crippen molar-refractivity contribution < 1.29 is 35.9 Å². The Morgan fingerprint density at radius 3 is 2.22 bits per heavy atom. The maximum Gasteiger partial charge on any atom is 0.416 e. The molecule has 0 aliphatic heterocycles. The summed E-state index contributed by atoms with van der Waals surface area (Å²) in [5, 5.41) is 0. The van der Waals surface area contributed by atoms with E-state index in [9.17, 15) is 31.1 Å². The van der Waals surface area contributed by atoms with Crippen molar-refractivity contribution in [1.29, 1.82) is 0 Å². The third kappa shape index (κ3) is 3.27. The van der Waals surface area contributed by atoms with Crippen LogP contribution in [0.15, 0.2) is 24.3 Å². The first-order valence-electron chi connectivity index (χ1n) is 5.96. The fourth-order valence-electron chi connectivity index (χ4n) is 1.78. The average Bonchev–Trinajstić information content (AvgIpc) is 2.46. The Morgan fingerprint density at radius 1 is 1.04 bits per heavy atom. The molecule has 1 heterocycles. The van der Waals surface area contributed by atoms with E-state index >= 15 is 0 Å². The van der Waals surface area contributed by atoms with Gasteiger partial charge in [-0.05, 0) is 18.2 Å². The molecule has 3 nitrogen and oxygen atoms in total. The van der Waals surface area contributed by atoms with Gasteiger partial charge in [0.15, 0.2) is 17.3 Å². The Balaban J connectivity index is 2.61. The van der Waals surface area contributed by atoms with Crippen LogP contribution in [0, 0.1) is 17.5 Å². The molecule has 0 unspecified atom stereocenters. The summed E-state index contributed by atoms with van der Waals surface area (Å²) in [4.78, 5) is 14.6. The number of ether oxygens (including phenoxy) is 1. The van der Waals surface area contributed by atoms with Crippen LogP contribution < -0.4 is 0 Å². The van der Waals surface area contributed by atoms with Gasteiger partial charge < -0.3 is 4.74 Å². The molecule has 1 aromatic heterocycles. The molecule has 122 valence electrons. The van der Waals surface area contributed by atoms with Crippen molar-refractivity contribution in [3.63, 3.8) is 0 Å². The van der Waals surface area contributed by atoms with E-state index in [-0.39, 0.29) is 12.1 Å². The zero-order chi connectivity index (χ0) is 17.4. The fraction of sp³-hybridized carbons (Fsp3) is 0.143. The summed E-state index contributed by atoms with van der Waals surface area (Å²) >= 11 is 0. The van der Waals surface area contributed by atoms with Gasteiger partial charge in [0.1, 0.15) is 11.5 Å². The van der Waals surface area contributed by atoms with Crippen molar-refractivity contribution in [3.8, 4) is 11.3 Å². The Labute approximate surface area is 125 Å². The van der Waals surface area contributed by atoms with Crippen molar-refractivity contribution in [1.82, 2.24) is 4.98 Å². The van der Waals surface area contributed by atoms with Gasteiger partial charge in [0, 0.05) is 11.6 Å². The van der Waals surface area contributed by atoms with Crippen LogP contribution in [0.1, 0.15) is 16.1 Å². The minimum absolute atomic E-state index is 0.150. The van der Waals surface area contributed by atoms with E-state index in [4.69, 9.17) is 0 Å². The molecule has 0 atom stereocenters. The maximum atomic E-state index is 13.8. The van der Waals surface area contributed by atoms with Crippen molar-refractivity contribution in [2.75, 3.05) is 7.11 Å². The largest absolute Gasteiger partial charge is 0.464 e. The highest BCUT2D eigenvalue weighted by Crippen LogP contribution is 2.33. The number of benzene rings is 1. The van der Waals surface area contributed by atoms with Crippen molar-refractivity contribution in [2.45, 2.75) is 6.18 Å². The molecule has 0 amide bonds. The standard InChI is InChI=1S/C14H7F6NO2/c1-23-13(22)12-10(17)5-9(16)11(21-12)7-3-2-6(4-8(7)15)14(18,19)20/h2-5H,1H3. The number of esters is 1. The summed E-state index contributed by atoms with van der Waals surface area (Å²) in [5.74, 6) is -5.34. The SMILES string of the molecule is COC(=O)c1nc(-c2ccc(C(F)(F)F)cc2F)c(F)cc1F. The second-order valence-electron chi connectivity index (χ2n) is 4.33. The molecule has 0 bridgehead atoms. The number of carbonyl (C=O) groups is 1. The first kappa shape index (κ1) is 16.8. The van der Waals surface area contributed by atoms with Gasteiger partial charge in [-0.25, -0.2) is 22.9 Å². The van der Waals surface area contributed by atoms with E-state index in [1.165, 1.54) is 0 Å². The number of carbonyl (C=O) groups excluding carboxylic acids is 1. The summed E-state index contributed by atoms with van der Waals surface area (Å²) in [6.07, 6.45) is -4.79. The summed E-state index contributed by atoms with van der Waals surface area (Å²) in [6.45, 7) is 0. The highest BCUT2D eigenvalue weighted by molar-refractivity contribution is 5.88. The highest BCUT2D eigenvalue weighted by atomic mass is 19.4. The quantitative estimate of drug-likeness (QED) is 0.616. The van der Waals surface area contributed by atoms with Crippen molar-refractivity contribution in [2.24, 2.45) is 0 Å². The minimum atomic E-state index is -4.79. The molecule has 0 saturated heterocycles. The maximum absolute atomic E-state index is 13.8. The van der Waals surface area contributed by atoms with E-state index in [2.05, 4.69) is 9.72 Å². The van der Waals surface area contributed by atoms with E-state index in [1.807, 2.05) is 0 Å². The van der Waals surface area contributed by atoms with Gasteiger partial charge >= 0.3 is 12.1 Å². The average molecular weight is 335 g/mol. The lowest BCUT2D eigenvalue weighted by Crippen LogP contribution is -2.10. The van der Waals surface area contributed by atoms with Crippen molar-refractivity contribution >= 4 is 5.97 Å². The van der Waals surface area contributed by atoms with Crippen LogP contribution in [0.2, 0.25) is 0 Å². The fourth-order valence-corrected chi connectivity index (χ4v) is 1.78. The number of alkyl halides is 3. The third-order valence-corrected chi connectivity index (χ3v) is 2.86. The lowest BCUT2D eigenvalue weighted by Gasteiger charge is -2.10. The smallest absolute Gasteiger partial charge is 0.416 e. The molecule has 0 fully saturated rings. The molecule has 2 rings (SSSR count). The second-order valence-corrected chi connectivity index (χ2v) is 4.33. The number of nitrogens with zero attached hydrogens (tertiary/aromatic N) is 1. The van der Waals surface area contributed by atoms with Gasteiger partial charge in [-0.15, -0.1) is 0 Å². The van der Waals surface area contributed by atoms with E-state index in [1.54, 1.807) is 0 Å². The van der Waals surface area contributed by atoms with Gasteiger partial charge in [0.2, 0.25) is 0 Å².